The van der Waals surface area contributed by atoms with E-state index in [4.69, 9.17) is 9.41 Å². The number of hydrogen-bond acceptors (Lipinski definition) is 3. The molecule has 0 N–H and O–H groups in total. The fraction of sp³-hybridized carbons (Fsp3) is 0.203. The maximum absolute atomic E-state index is 6.88. The summed E-state index contributed by atoms with van der Waals surface area (Å²) in [6.45, 7) is 4.82. The third-order valence-electron chi connectivity index (χ3n) is 14.5. The summed E-state index contributed by atoms with van der Waals surface area (Å²) in [4.78, 5) is 6.03. The van der Waals surface area contributed by atoms with E-state index in [9.17, 15) is 0 Å². The molecule has 2 aliphatic rings. The van der Waals surface area contributed by atoms with Crippen molar-refractivity contribution in [2.45, 2.75) is 63.8 Å². The Balaban J connectivity index is 1.03. The molecule has 0 saturated carbocycles. The predicted molar refractivity (Wildman–Crippen MR) is 263 cm³/mol. The number of nitrogens with zero attached hydrogens (tertiary/aromatic N) is 1. The Morgan fingerprint density at radius 3 is 2.19 bits per heavy atom. The highest BCUT2D eigenvalue weighted by Gasteiger charge is 2.35. The molecule has 1 aliphatic heterocycles. The van der Waals surface area contributed by atoms with Crippen LogP contribution in [0.15, 0.2) is 179 Å². The third-order valence-corrected chi connectivity index (χ3v) is 15.6. The molecule has 2 aromatic heterocycles. The minimum absolute atomic E-state index is 0.0230. The zero-order valence-corrected chi connectivity index (χ0v) is 36.2. The van der Waals surface area contributed by atoms with Gasteiger partial charge in [0.15, 0.2) is 0 Å². The van der Waals surface area contributed by atoms with Crippen molar-refractivity contribution in [1.82, 2.24) is 0 Å². The van der Waals surface area contributed by atoms with E-state index in [1.807, 2.05) is 11.3 Å². The number of aliphatic imine (C=N–C) groups is 1. The van der Waals surface area contributed by atoms with Gasteiger partial charge in [-0.25, -0.2) is 0 Å². The zero-order valence-electron chi connectivity index (χ0n) is 35.4. The van der Waals surface area contributed by atoms with E-state index in [1.54, 1.807) is 0 Å². The molecule has 0 saturated heterocycles. The SMILES string of the molecule is CCC1/C(c2ccccc2)=N\C(c2cc(C3CCc4cc5ccccc5cc4-c4ccccc43)c3c(c2)oc2ccccc23)C(C)CCC1c1ccc2c(c1)sc1ccccc12. The fourth-order valence-corrected chi connectivity index (χ4v) is 12.6. The van der Waals surface area contributed by atoms with Gasteiger partial charge in [-0.15, -0.1) is 11.3 Å². The van der Waals surface area contributed by atoms with Crippen molar-refractivity contribution in [1.29, 1.82) is 0 Å². The molecule has 3 heteroatoms. The first kappa shape index (κ1) is 37.5. The standard InChI is InChI=1S/C59H49NOS/c1-3-43-44(41-27-30-49-48-21-12-14-24-55(48)62-56(49)35-41)28-25-36(2)58(60-59(43)37-15-5-4-6-16-37)42-33-52(57-50-22-11-13-23-53(50)61-54(57)34-42)47-29-26-40-31-38-17-7-8-18-39(38)32-51(40)46-20-10-9-19-45(46)47/h4-24,27,30-36,43-44,47,58H,3,25-26,28-29H2,1-2H3/b60-59-. The number of thiophene rings is 1. The molecule has 0 amide bonds. The quantitative estimate of drug-likeness (QED) is 0.170. The molecule has 302 valence electrons. The van der Waals surface area contributed by atoms with Gasteiger partial charge in [-0.2, -0.15) is 0 Å². The molecule has 0 spiro atoms. The second-order valence-corrected chi connectivity index (χ2v) is 19.1. The summed E-state index contributed by atoms with van der Waals surface area (Å²) in [6, 6.07) is 63.6. The highest BCUT2D eigenvalue weighted by molar-refractivity contribution is 7.25. The largest absolute Gasteiger partial charge is 0.456 e. The lowest BCUT2D eigenvalue weighted by molar-refractivity contribution is 0.362. The Morgan fingerprint density at radius 2 is 1.32 bits per heavy atom. The molecule has 5 atom stereocenters. The summed E-state index contributed by atoms with van der Waals surface area (Å²) >= 11 is 1.92. The molecule has 10 aromatic rings. The number of furan rings is 1. The molecule has 3 heterocycles. The molecule has 12 rings (SSSR count). The Hall–Kier alpha value is -6.29. The summed E-state index contributed by atoms with van der Waals surface area (Å²) in [5.41, 5.74) is 14.0. The minimum Gasteiger partial charge on any atom is -0.456 e. The van der Waals surface area contributed by atoms with E-state index in [2.05, 4.69) is 184 Å². The van der Waals surface area contributed by atoms with E-state index in [0.29, 0.717) is 11.8 Å². The molecule has 62 heavy (non-hydrogen) atoms. The second-order valence-electron chi connectivity index (χ2n) is 18.0. The maximum atomic E-state index is 6.88. The smallest absolute Gasteiger partial charge is 0.136 e. The number of aryl methyl sites for hydroxylation is 1. The molecule has 0 fully saturated rings. The predicted octanol–water partition coefficient (Wildman–Crippen LogP) is 16.6. The van der Waals surface area contributed by atoms with Crippen molar-refractivity contribution in [3.8, 4) is 11.1 Å². The highest BCUT2D eigenvalue weighted by Crippen LogP contribution is 2.49. The van der Waals surface area contributed by atoms with Crippen molar-refractivity contribution < 1.29 is 4.42 Å². The van der Waals surface area contributed by atoms with Gasteiger partial charge in [0, 0.05) is 48.5 Å². The molecular weight excluding hydrogens is 771 g/mol. The van der Waals surface area contributed by atoms with E-state index in [0.717, 1.165) is 43.3 Å². The molecule has 0 bridgehead atoms. The third kappa shape index (κ3) is 6.23. The lowest BCUT2D eigenvalue weighted by Gasteiger charge is -2.35. The molecule has 8 aromatic carbocycles. The van der Waals surface area contributed by atoms with Gasteiger partial charge in [0.25, 0.3) is 0 Å². The number of benzene rings is 8. The summed E-state index contributed by atoms with van der Waals surface area (Å²) in [7, 11) is 0. The summed E-state index contributed by atoms with van der Waals surface area (Å²) in [5, 5.41) is 7.77. The number of rotatable bonds is 5. The zero-order chi connectivity index (χ0) is 41.3. The van der Waals surface area contributed by atoms with E-state index < -0.39 is 0 Å². The number of hydrogen-bond donors (Lipinski definition) is 0. The highest BCUT2D eigenvalue weighted by atomic mass is 32.1. The van der Waals surface area contributed by atoms with E-state index in [1.165, 1.54) is 91.9 Å². The second kappa shape index (κ2) is 15.3. The average molecular weight is 820 g/mol. The van der Waals surface area contributed by atoms with Crippen LogP contribution in [0.5, 0.6) is 0 Å². The van der Waals surface area contributed by atoms with Crippen molar-refractivity contribution >= 4 is 69.9 Å². The van der Waals surface area contributed by atoms with Crippen molar-refractivity contribution in [3.63, 3.8) is 0 Å². The fourth-order valence-electron chi connectivity index (χ4n) is 11.4. The van der Waals surface area contributed by atoms with Crippen LogP contribution in [0.4, 0.5) is 0 Å². The van der Waals surface area contributed by atoms with Gasteiger partial charge in [-0.1, -0.05) is 153 Å². The Kier molecular flexibility index (Phi) is 9.22. The molecule has 2 nitrogen and oxygen atoms in total. The first-order valence-corrected chi connectivity index (χ1v) is 23.5. The van der Waals surface area contributed by atoms with Crippen LogP contribution in [0, 0.1) is 11.8 Å². The summed E-state index contributed by atoms with van der Waals surface area (Å²) in [6.07, 6.45) is 5.24. The molecule has 1 aliphatic carbocycles. The van der Waals surface area contributed by atoms with Crippen LogP contribution in [-0.4, -0.2) is 5.71 Å². The summed E-state index contributed by atoms with van der Waals surface area (Å²) < 4.78 is 9.62. The monoisotopic (exact) mass is 819 g/mol. The van der Waals surface area contributed by atoms with Crippen LogP contribution in [0.3, 0.4) is 0 Å². The van der Waals surface area contributed by atoms with Gasteiger partial charge < -0.3 is 4.42 Å². The van der Waals surface area contributed by atoms with Crippen LogP contribution < -0.4 is 0 Å². The van der Waals surface area contributed by atoms with Gasteiger partial charge in [0.1, 0.15) is 11.2 Å². The lowest BCUT2D eigenvalue weighted by Crippen LogP contribution is -2.28. The van der Waals surface area contributed by atoms with Crippen LogP contribution in [0.2, 0.25) is 0 Å². The van der Waals surface area contributed by atoms with E-state index in [-0.39, 0.29) is 17.9 Å². The molecule has 0 radical (unpaired) electrons. The van der Waals surface area contributed by atoms with Gasteiger partial charge in [-0.05, 0) is 130 Å². The normalized spacial score (nSPS) is 21.3. The van der Waals surface area contributed by atoms with Crippen molar-refractivity contribution in [2.24, 2.45) is 16.8 Å². The topological polar surface area (TPSA) is 25.5 Å². The van der Waals surface area contributed by atoms with Crippen LogP contribution in [0.25, 0.3) is 64.0 Å². The minimum atomic E-state index is -0.0230. The Bertz CT molecular complexity index is 3350. The van der Waals surface area contributed by atoms with Crippen molar-refractivity contribution in [3.05, 3.63) is 203 Å². The van der Waals surface area contributed by atoms with Crippen LogP contribution in [0.1, 0.15) is 90.8 Å². The number of fused-ring (bicyclic) bond motifs is 10. The summed E-state index contributed by atoms with van der Waals surface area (Å²) in [5.74, 6) is 1.14. The van der Waals surface area contributed by atoms with Crippen molar-refractivity contribution in [2.75, 3.05) is 0 Å². The van der Waals surface area contributed by atoms with E-state index >= 15 is 0 Å². The first-order chi connectivity index (χ1) is 30.6. The van der Waals surface area contributed by atoms with Gasteiger partial charge >= 0.3 is 0 Å². The first-order valence-electron chi connectivity index (χ1n) is 22.7. The molecular formula is C59H49NOS. The average Bonchev–Trinajstić information content (AvgIpc) is 3.83. The maximum Gasteiger partial charge on any atom is 0.136 e. The van der Waals surface area contributed by atoms with Gasteiger partial charge in [0.05, 0.1) is 6.04 Å². The van der Waals surface area contributed by atoms with Crippen LogP contribution in [-0.2, 0) is 6.42 Å². The lowest BCUT2D eigenvalue weighted by atomic mass is 9.73. The Labute approximate surface area is 367 Å². The Morgan fingerprint density at radius 1 is 0.581 bits per heavy atom. The van der Waals surface area contributed by atoms with Gasteiger partial charge in [-0.3, -0.25) is 4.99 Å². The molecule has 5 unspecified atom stereocenters. The van der Waals surface area contributed by atoms with Crippen LogP contribution >= 0.6 is 11.3 Å². The van der Waals surface area contributed by atoms with Gasteiger partial charge in [0.2, 0.25) is 0 Å². The number of para-hydroxylation sites is 1.